The quantitative estimate of drug-likeness (QED) is 0.429. The fourth-order valence-electron chi connectivity index (χ4n) is 3.54. The molecule has 1 N–H and O–H groups in total. The number of rotatable bonds is 6. The standard InChI is InChI=1S/C25H21ClFN3O/c1-17-23(25(31)29-15-13-21-4-2-3-14-28-21)16-24(18-5-7-19(26)8-6-18)30(17)22-11-9-20(27)10-12-22/h2-12,14,16H,13,15H2,1H3,(H,29,31). The number of carbonyl (C=O) groups excluding carboxylic acids is 1. The highest BCUT2D eigenvalue weighted by Crippen LogP contribution is 2.30. The normalized spacial score (nSPS) is 10.8. The number of nitrogens with zero attached hydrogens (tertiary/aromatic N) is 2. The van der Waals surface area contributed by atoms with E-state index in [1.807, 2.05) is 47.9 Å². The molecule has 0 radical (unpaired) electrons. The van der Waals surface area contributed by atoms with Gasteiger partial charge in [-0.05, 0) is 67.1 Å². The minimum atomic E-state index is -0.311. The molecule has 4 nitrogen and oxygen atoms in total. The summed E-state index contributed by atoms with van der Waals surface area (Å²) in [5.74, 6) is -0.474. The van der Waals surface area contributed by atoms with Gasteiger partial charge in [0.15, 0.2) is 0 Å². The van der Waals surface area contributed by atoms with E-state index in [0.717, 1.165) is 28.3 Å². The Morgan fingerprint density at radius 2 is 1.81 bits per heavy atom. The molecule has 31 heavy (non-hydrogen) atoms. The van der Waals surface area contributed by atoms with Gasteiger partial charge in [-0.25, -0.2) is 4.39 Å². The summed E-state index contributed by atoms with van der Waals surface area (Å²) in [5.41, 5.74) is 4.77. The van der Waals surface area contributed by atoms with Crippen LogP contribution in [0.25, 0.3) is 16.9 Å². The number of halogens is 2. The van der Waals surface area contributed by atoms with Gasteiger partial charge in [0, 0.05) is 41.3 Å². The number of carbonyl (C=O) groups is 1. The van der Waals surface area contributed by atoms with Crippen LogP contribution >= 0.6 is 11.6 Å². The SMILES string of the molecule is Cc1c(C(=O)NCCc2ccccn2)cc(-c2ccc(Cl)cc2)n1-c1ccc(F)cc1. The maximum Gasteiger partial charge on any atom is 0.253 e. The Kier molecular flexibility index (Phi) is 6.14. The molecule has 2 aromatic carbocycles. The molecule has 0 saturated carbocycles. The van der Waals surface area contributed by atoms with Crippen molar-refractivity contribution in [2.45, 2.75) is 13.3 Å². The molecule has 0 saturated heterocycles. The maximum absolute atomic E-state index is 13.5. The van der Waals surface area contributed by atoms with Crippen LogP contribution in [0.3, 0.4) is 0 Å². The van der Waals surface area contributed by atoms with E-state index in [-0.39, 0.29) is 11.7 Å². The van der Waals surface area contributed by atoms with Crippen LogP contribution in [0.15, 0.2) is 79.0 Å². The lowest BCUT2D eigenvalue weighted by molar-refractivity contribution is 0.0953. The topological polar surface area (TPSA) is 46.9 Å². The second-order valence-electron chi connectivity index (χ2n) is 7.17. The lowest BCUT2D eigenvalue weighted by Crippen LogP contribution is -2.26. The van der Waals surface area contributed by atoms with Gasteiger partial charge >= 0.3 is 0 Å². The molecule has 0 aliphatic heterocycles. The van der Waals surface area contributed by atoms with Crippen LogP contribution in [0.2, 0.25) is 5.02 Å². The van der Waals surface area contributed by atoms with E-state index in [1.165, 1.54) is 12.1 Å². The number of nitrogens with one attached hydrogen (secondary N) is 1. The van der Waals surface area contributed by atoms with Crippen molar-refractivity contribution in [1.29, 1.82) is 0 Å². The maximum atomic E-state index is 13.5. The lowest BCUT2D eigenvalue weighted by Gasteiger charge is -2.12. The second kappa shape index (κ2) is 9.14. The molecule has 0 aliphatic carbocycles. The highest BCUT2D eigenvalue weighted by Gasteiger charge is 2.19. The predicted molar refractivity (Wildman–Crippen MR) is 121 cm³/mol. The number of hydrogen-bond acceptors (Lipinski definition) is 2. The van der Waals surface area contributed by atoms with Crippen LogP contribution in [0.5, 0.6) is 0 Å². The van der Waals surface area contributed by atoms with Gasteiger partial charge in [-0.15, -0.1) is 0 Å². The second-order valence-corrected chi connectivity index (χ2v) is 7.61. The van der Waals surface area contributed by atoms with E-state index in [2.05, 4.69) is 10.3 Å². The van der Waals surface area contributed by atoms with Crippen molar-refractivity contribution in [3.63, 3.8) is 0 Å². The van der Waals surface area contributed by atoms with Crippen molar-refractivity contribution >= 4 is 17.5 Å². The molecule has 0 fully saturated rings. The Balaban J connectivity index is 1.66. The Bertz CT molecular complexity index is 1190. The predicted octanol–water partition coefficient (Wildman–Crippen LogP) is 5.61. The summed E-state index contributed by atoms with van der Waals surface area (Å²) in [4.78, 5) is 17.2. The van der Waals surface area contributed by atoms with Gasteiger partial charge in [-0.1, -0.05) is 29.8 Å². The summed E-state index contributed by atoms with van der Waals surface area (Å²) in [5, 5.41) is 3.61. The molecule has 0 unspecified atom stereocenters. The van der Waals surface area contributed by atoms with E-state index in [0.29, 0.717) is 23.6 Å². The van der Waals surface area contributed by atoms with Gasteiger partial charge in [0.2, 0.25) is 0 Å². The molecule has 0 spiro atoms. The summed E-state index contributed by atoms with van der Waals surface area (Å²) in [7, 11) is 0. The Morgan fingerprint density at radius 3 is 2.48 bits per heavy atom. The summed E-state index contributed by atoms with van der Waals surface area (Å²) >= 11 is 6.05. The molecule has 2 aromatic heterocycles. The van der Waals surface area contributed by atoms with E-state index in [9.17, 15) is 9.18 Å². The summed E-state index contributed by atoms with van der Waals surface area (Å²) in [6.07, 6.45) is 2.39. The Labute approximate surface area is 185 Å². The summed E-state index contributed by atoms with van der Waals surface area (Å²) in [6, 6.07) is 21.2. The monoisotopic (exact) mass is 433 g/mol. The van der Waals surface area contributed by atoms with Gasteiger partial charge in [0.05, 0.1) is 11.3 Å². The van der Waals surface area contributed by atoms with Gasteiger partial charge in [-0.3, -0.25) is 9.78 Å². The minimum absolute atomic E-state index is 0.162. The number of aromatic nitrogens is 2. The van der Waals surface area contributed by atoms with Crippen LogP contribution in [0.4, 0.5) is 4.39 Å². The third kappa shape index (κ3) is 4.67. The molecular formula is C25H21ClFN3O. The van der Waals surface area contributed by atoms with Crippen molar-refractivity contribution in [3.05, 3.63) is 107 Å². The number of hydrogen-bond donors (Lipinski definition) is 1. The van der Waals surface area contributed by atoms with Crippen LogP contribution in [0.1, 0.15) is 21.7 Å². The van der Waals surface area contributed by atoms with Crippen molar-refractivity contribution < 1.29 is 9.18 Å². The smallest absolute Gasteiger partial charge is 0.253 e. The lowest BCUT2D eigenvalue weighted by atomic mass is 10.1. The molecule has 156 valence electrons. The van der Waals surface area contributed by atoms with E-state index in [1.54, 1.807) is 30.5 Å². The van der Waals surface area contributed by atoms with E-state index in [4.69, 9.17) is 11.6 Å². The van der Waals surface area contributed by atoms with Crippen molar-refractivity contribution in [2.75, 3.05) is 6.54 Å². The van der Waals surface area contributed by atoms with Crippen LogP contribution in [-0.4, -0.2) is 22.0 Å². The zero-order chi connectivity index (χ0) is 21.8. The number of pyridine rings is 1. The fourth-order valence-corrected chi connectivity index (χ4v) is 3.66. The average Bonchev–Trinajstić information content (AvgIpc) is 3.13. The molecule has 0 aliphatic rings. The molecule has 4 aromatic rings. The zero-order valence-electron chi connectivity index (χ0n) is 17.0. The summed E-state index contributed by atoms with van der Waals surface area (Å²) in [6.45, 7) is 2.36. The fraction of sp³-hybridized carbons (Fsp3) is 0.120. The first-order chi connectivity index (χ1) is 15.0. The molecule has 0 atom stereocenters. The van der Waals surface area contributed by atoms with E-state index >= 15 is 0 Å². The first-order valence-corrected chi connectivity index (χ1v) is 10.3. The molecular weight excluding hydrogens is 413 g/mol. The summed E-state index contributed by atoms with van der Waals surface area (Å²) < 4.78 is 15.4. The number of benzene rings is 2. The minimum Gasteiger partial charge on any atom is -0.352 e. The van der Waals surface area contributed by atoms with E-state index < -0.39 is 0 Å². The number of amides is 1. The molecule has 4 rings (SSSR count). The molecule has 1 amide bonds. The molecule has 0 bridgehead atoms. The highest BCUT2D eigenvalue weighted by molar-refractivity contribution is 6.30. The third-order valence-corrected chi connectivity index (χ3v) is 5.36. The van der Waals surface area contributed by atoms with Gasteiger partial charge in [-0.2, -0.15) is 0 Å². The van der Waals surface area contributed by atoms with Crippen LogP contribution in [-0.2, 0) is 6.42 Å². The first kappa shape index (κ1) is 20.8. The highest BCUT2D eigenvalue weighted by atomic mass is 35.5. The van der Waals surface area contributed by atoms with Gasteiger partial charge in [0.1, 0.15) is 5.82 Å². The van der Waals surface area contributed by atoms with Crippen LogP contribution < -0.4 is 5.32 Å². The molecule has 2 heterocycles. The largest absolute Gasteiger partial charge is 0.352 e. The Hall–Kier alpha value is -3.44. The molecule has 6 heteroatoms. The average molecular weight is 434 g/mol. The zero-order valence-corrected chi connectivity index (χ0v) is 17.7. The van der Waals surface area contributed by atoms with Crippen LogP contribution in [0, 0.1) is 12.7 Å². The Morgan fingerprint density at radius 1 is 1.06 bits per heavy atom. The van der Waals surface area contributed by atoms with Gasteiger partial charge in [0.25, 0.3) is 5.91 Å². The van der Waals surface area contributed by atoms with Crippen molar-refractivity contribution in [2.24, 2.45) is 0 Å². The first-order valence-electron chi connectivity index (χ1n) is 9.95. The van der Waals surface area contributed by atoms with Gasteiger partial charge < -0.3 is 9.88 Å². The van der Waals surface area contributed by atoms with Crippen molar-refractivity contribution in [1.82, 2.24) is 14.9 Å². The third-order valence-electron chi connectivity index (χ3n) is 5.11. The van der Waals surface area contributed by atoms with Crippen molar-refractivity contribution in [3.8, 4) is 16.9 Å².